The lowest BCUT2D eigenvalue weighted by Crippen LogP contribution is -2.47. The maximum absolute atomic E-state index is 13.2. The molecule has 2 aliphatic heterocycles. The molecule has 2 fully saturated rings. The number of hydrogen-bond donors (Lipinski definition) is 0. The van der Waals surface area contributed by atoms with E-state index in [0.717, 1.165) is 80.3 Å². The molecule has 0 N–H and O–H groups in total. The van der Waals surface area contributed by atoms with E-state index in [1.165, 1.54) is 0 Å². The van der Waals surface area contributed by atoms with Crippen molar-refractivity contribution in [2.45, 2.75) is 46.5 Å². The van der Waals surface area contributed by atoms with Gasteiger partial charge in [-0.3, -0.25) is 4.79 Å². The summed E-state index contributed by atoms with van der Waals surface area (Å²) in [5.41, 5.74) is 3.46. The second kappa shape index (κ2) is 7.86. The number of aromatic nitrogens is 3. The number of nitrogens with zero attached hydrogens (tertiary/aromatic N) is 5. The van der Waals surface area contributed by atoms with Gasteiger partial charge in [0.2, 0.25) is 5.91 Å². The molecule has 1 unspecified atom stereocenters. The molecule has 0 aromatic carbocycles. The minimum Gasteiger partial charge on any atom is -0.361 e. The van der Waals surface area contributed by atoms with Gasteiger partial charge in [0, 0.05) is 24.2 Å². The van der Waals surface area contributed by atoms with Gasteiger partial charge in [0.15, 0.2) is 0 Å². The summed E-state index contributed by atoms with van der Waals surface area (Å²) in [5, 5.41) is 4.03. The number of piperidine rings is 1. The quantitative estimate of drug-likeness (QED) is 0.790. The lowest BCUT2D eigenvalue weighted by molar-refractivity contribution is -0.142. The van der Waals surface area contributed by atoms with Gasteiger partial charge in [-0.15, -0.1) is 0 Å². The van der Waals surface area contributed by atoms with E-state index in [1.54, 1.807) is 6.33 Å². The van der Waals surface area contributed by atoms with Gasteiger partial charge >= 0.3 is 0 Å². The fraction of sp³-hybridized carbons (Fsp3) is 0.636. The Balaban J connectivity index is 1.41. The molecular weight excluding hydrogens is 366 g/mol. The van der Waals surface area contributed by atoms with E-state index in [4.69, 9.17) is 4.52 Å². The summed E-state index contributed by atoms with van der Waals surface area (Å²) in [4.78, 5) is 26.5. The molecule has 0 saturated carbocycles. The minimum atomic E-state index is -0.202. The Morgan fingerprint density at radius 3 is 2.69 bits per heavy atom. The van der Waals surface area contributed by atoms with Crippen molar-refractivity contribution in [1.82, 2.24) is 24.9 Å². The first-order valence-electron chi connectivity index (χ1n) is 10.6. The third kappa shape index (κ3) is 4.06. The molecule has 2 aromatic rings. The smallest absolute Gasteiger partial charge is 0.228 e. The van der Waals surface area contributed by atoms with E-state index in [1.807, 2.05) is 19.9 Å². The highest BCUT2D eigenvalue weighted by Gasteiger charge is 2.40. The normalized spacial score (nSPS) is 22.2. The SMILES string of the molecule is Cc1noc(C)c1-c1cc(CC2CCN(C(=O)C3(C)CCN(C)CC3)C2)ncn1. The molecule has 0 aliphatic carbocycles. The molecule has 2 aromatic heterocycles. The number of carbonyl (C=O) groups is 1. The van der Waals surface area contributed by atoms with Crippen LogP contribution in [-0.2, 0) is 11.2 Å². The van der Waals surface area contributed by atoms with Gasteiger partial charge in [0.25, 0.3) is 0 Å². The summed E-state index contributed by atoms with van der Waals surface area (Å²) in [6.45, 7) is 9.68. The van der Waals surface area contributed by atoms with Crippen molar-refractivity contribution in [3.63, 3.8) is 0 Å². The molecule has 156 valence electrons. The first-order chi connectivity index (χ1) is 13.9. The Kier molecular flexibility index (Phi) is 5.42. The van der Waals surface area contributed by atoms with Crippen molar-refractivity contribution in [3.05, 3.63) is 29.5 Å². The van der Waals surface area contributed by atoms with Crippen LogP contribution in [0.25, 0.3) is 11.3 Å². The fourth-order valence-corrected chi connectivity index (χ4v) is 4.68. The van der Waals surface area contributed by atoms with E-state index in [0.29, 0.717) is 11.8 Å². The zero-order chi connectivity index (χ0) is 20.6. The Morgan fingerprint density at radius 1 is 1.24 bits per heavy atom. The standard InChI is InChI=1S/C22H31N5O2/c1-15-20(16(2)29-25-15)19-12-18(23-14-24-19)11-17-5-8-27(13-17)21(28)22(3)6-9-26(4)10-7-22/h12,14,17H,5-11,13H2,1-4H3. The maximum Gasteiger partial charge on any atom is 0.228 e. The van der Waals surface area contributed by atoms with Crippen LogP contribution in [-0.4, -0.2) is 64.1 Å². The molecule has 2 aliphatic rings. The second-order valence-electron chi connectivity index (χ2n) is 9.07. The van der Waals surface area contributed by atoms with Crippen LogP contribution < -0.4 is 0 Å². The average molecular weight is 398 g/mol. The molecule has 4 heterocycles. The van der Waals surface area contributed by atoms with Gasteiger partial charge in [-0.2, -0.15) is 0 Å². The molecule has 7 heteroatoms. The predicted octanol–water partition coefficient (Wildman–Crippen LogP) is 2.87. The van der Waals surface area contributed by atoms with Gasteiger partial charge in [-0.05, 0) is 71.7 Å². The number of likely N-dealkylation sites (tertiary alicyclic amines) is 2. The van der Waals surface area contributed by atoms with E-state index < -0.39 is 0 Å². The van der Waals surface area contributed by atoms with Crippen molar-refractivity contribution >= 4 is 5.91 Å². The van der Waals surface area contributed by atoms with E-state index in [-0.39, 0.29) is 5.41 Å². The summed E-state index contributed by atoms with van der Waals surface area (Å²) < 4.78 is 5.28. The molecule has 0 radical (unpaired) electrons. The van der Waals surface area contributed by atoms with Crippen LogP contribution in [0.4, 0.5) is 0 Å². The van der Waals surface area contributed by atoms with Crippen LogP contribution in [0.1, 0.15) is 43.3 Å². The first kappa shape index (κ1) is 20.0. The monoisotopic (exact) mass is 397 g/mol. The van der Waals surface area contributed by atoms with Crippen LogP contribution in [0, 0.1) is 25.2 Å². The van der Waals surface area contributed by atoms with E-state index in [2.05, 4.69) is 38.9 Å². The highest BCUT2D eigenvalue weighted by molar-refractivity contribution is 5.82. The Bertz CT molecular complexity index is 866. The van der Waals surface area contributed by atoms with E-state index in [9.17, 15) is 4.79 Å². The maximum atomic E-state index is 13.2. The van der Waals surface area contributed by atoms with Gasteiger partial charge in [0.1, 0.15) is 12.1 Å². The summed E-state index contributed by atoms with van der Waals surface area (Å²) in [6, 6.07) is 2.04. The van der Waals surface area contributed by atoms with Crippen LogP contribution in [0.3, 0.4) is 0 Å². The Hall–Kier alpha value is -2.28. The highest BCUT2D eigenvalue weighted by atomic mass is 16.5. The first-order valence-corrected chi connectivity index (χ1v) is 10.6. The highest BCUT2D eigenvalue weighted by Crippen LogP contribution is 2.35. The van der Waals surface area contributed by atoms with Crippen LogP contribution in [0.2, 0.25) is 0 Å². The zero-order valence-electron chi connectivity index (χ0n) is 17.9. The lowest BCUT2D eigenvalue weighted by Gasteiger charge is -2.39. The topological polar surface area (TPSA) is 75.4 Å². The molecular formula is C22H31N5O2. The van der Waals surface area contributed by atoms with Crippen LogP contribution in [0.15, 0.2) is 16.9 Å². The summed E-state index contributed by atoms with van der Waals surface area (Å²) in [5.74, 6) is 1.56. The molecule has 2 saturated heterocycles. The Labute approximate surface area is 172 Å². The van der Waals surface area contributed by atoms with Gasteiger partial charge in [-0.25, -0.2) is 9.97 Å². The summed E-state index contributed by atoms with van der Waals surface area (Å²) in [7, 11) is 2.13. The lowest BCUT2D eigenvalue weighted by atomic mass is 9.79. The molecule has 4 rings (SSSR count). The van der Waals surface area contributed by atoms with E-state index >= 15 is 0 Å². The van der Waals surface area contributed by atoms with Gasteiger partial charge in [0.05, 0.1) is 17.0 Å². The molecule has 0 spiro atoms. The molecule has 29 heavy (non-hydrogen) atoms. The number of rotatable bonds is 4. The largest absolute Gasteiger partial charge is 0.361 e. The van der Waals surface area contributed by atoms with Gasteiger partial charge < -0.3 is 14.3 Å². The minimum absolute atomic E-state index is 0.202. The fourth-order valence-electron chi connectivity index (χ4n) is 4.68. The summed E-state index contributed by atoms with van der Waals surface area (Å²) in [6.07, 6.45) is 5.43. The number of carbonyl (C=O) groups excluding carboxylic acids is 1. The number of hydrogen-bond acceptors (Lipinski definition) is 6. The molecule has 1 amide bonds. The van der Waals surface area contributed by atoms with Crippen LogP contribution in [0.5, 0.6) is 0 Å². The molecule has 1 atom stereocenters. The van der Waals surface area contributed by atoms with Crippen molar-refractivity contribution in [2.24, 2.45) is 11.3 Å². The van der Waals surface area contributed by atoms with Crippen molar-refractivity contribution < 1.29 is 9.32 Å². The zero-order valence-corrected chi connectivity index (χ0v) is 17.9. The van der Waals surface area contributed by atoms with Crippen LogP contribution >= 0.6 is 0 Å². The second-order valence-corrected chi connectivity index (χ2v) is 9.07. The predicted molar refractivity (Wildman–Crippen MR) is 110 cm³/mol. The average Bonchev–Trinajstić information content (AvgIpc) is 3.30. The number of aryl methyl sites for hydroxylation is 2. The van der Waals surface area contributed by atoms with Gasteiger partial charge in [-0.1, -0.05) is 12.1 Å². The van der Waals surface area contributed by atoms with Crippen molar-refractivity contribution in [1.29, 1.82) is 0 Å². The van der Waals surface area contributed by atoms with Crippen molar-refractivity contribution in [2.75, 3.05) is 33.2 Å². The molecule has 7 nitrogen and oxygen atoms in total. The summed E-state index contributed by atoms with van der Waals surface area (Å²) >= 11 is 0. The number of amides is 1. The Morgan fingerprint density at radius 2 is 2.00 bits per heavy atom. The van der Waals surface area contributed by atoms with Crippen molar-refractivity contribution in [3.8, 4) is 11.3 Å². The molecule has 0 bridgehead atoms. The third-order valence-corrected chi connectivity index (χ3v) is 6.69. The third-order valence-electron chi connectivity index (χ3n) is 6.69.